The molecule has 29 heavy (non-hydrogen) atoms. The molecule has 0 radical (unpaired) electrons. The van der Waals surface area contributed by atoms with Crippen LogP contribution in [0.25, 0.3) is 17.1 Å². The highest BCUT2D eigenvalue weighted by Crippen LogP contribution is 2.29. The van der Waals surface area contributed by atoms with Crippen LogP contribution >= 0.6 is 11.8 Å². The van der Waals surface area contributed by atoms with Gasteiger partial charge in [0.2, 0.25) is 0 Å². The van der Waals surface area contributed by atoms with Crippen LogP contribution in [0.1, 0.15) is 32.6 Å². The van der Waals surface area contributed by atoms with Crippen LogP contribution in [0.2, 0.25) is 0 Å². The summed E-state index contributed by atoms with van der Waals surface area (Å²) >= 11 is 1.35. The molecule has 1 aromatic carbocycles. The van der Waals surface area contributed by atoms with Crippen LogP contribution < -0.4 is 0 Å². The fraction of sp³-hybridized carbons (Fsp3) is 0.364. The van der Waals surface area contributed by atoms with Gasteiger partial charge in [0.15, 0.2) is 11.0 Å². The zero-order chi connectivity index (χ0) is 20.1. The van der Waals surface area contributed by atoms with Gasteiger partial charge in [0.1, 0.15) is 6.10 Å². The smallest absolute Gasteiger partial charge is 0.316 e. The Bertz CT molecular complexity index is 946. The van der Waals surface area contributed by atoms with Gasteiger partial charge in [-0.05, 0) is 49.4 Å². The summed E-state index contributed by atoms with van der Waals surface area (Å²) in [6, 6.07) is 13.7. The molecule has 0 spiro atoms. The van der Waals surface area contributed by atoms with Crippen molar-refractivity contribution < 1.29 is 9.53 Å². The molecule has 7 heteroatoms. The highest BCUT2D eigenvalue weighted by atomic mass is 32.2. The van der Waals surface area contributed by atoms with E-state index in [1.807, 2.05) is 47.0 Å². The van der Waals surface area contributed by atoms with E-state index in [0.29, 0.717) is 16.9 Å². The number of hydrogen-bond donors (Lipinski definition) is 0. The summed E-state index contributed by atoms with van der Waals surface area (Å²) in [6.45, 7) is 2.22. The van der Waals surface area contributed by atoms with Gasteiger partial charge in [-0.3, -0.25) is 14.3 Å². The van der Waals surface area contributed by atoms with Gasteiger partial charge in [-0.25, -0.2) is 0 Å². The Morgan fingerprint density at radius 1 is 1.17 bits per heavy atom. The van der Waals surface area contributed by atoms with E-state index < -0.39 is 0 Å². The molecular formula is C22H24N4O2S. The minimum Gasteiger partial charge on any atom is -0.462 e. The van der Waals surface area contributed by atoms with Gasteiger partial charge in [0.05, 0.1) is 5.75 Å². The molecule has 2 heterocycles. The third kappa shape index (κ3) is 4.85. The van der Waals surface area contributed by atoms with Gasteiger partial charge in [-0.1, -0.05) is 43.3 Å². The normalized spacial score (nSPS) is 19.1. The second-order valence-electron chi connectivity index (χ2n) is 7.39. The van der Waals surface area contributed by atoms with Crippen molar-refractivity contribution in [2.45, 2.75) is 43.9 Å². The lowest BCUT2D eigenvalue weighted by atomic mass is 9.89. The zero-order valence-electron chi connectivity index (χ0n) is 16.4. The van der Waals surface area contributed by atoms with Crippen LogP contribution in [-0.4, -0.2) is 37.6 Å². The first-order valence-corrected chi connectivity index (χ1v) is 10.9. The Morgan fingerprint density at radius 3 is 2.79 bits per heavy atom. The van der Waals surface area contributed by atoms with Gasteiger partial charge in [-0.15, -0.1) is 10.2 Å². The number of thioether (sulfide) groups is 1. The molecule has 2 atom stereocenters. The summed E-state index contributed by atoms with van der Waals surface area (Å²) in [5.74, 6) is 1.33. The predicted molar refractivity (Wildman–Crippen MR) is 113 cm³/mol. The van der Waals surface area contributed by atoms with Crippen molar-refractivity contribution in [2.75, 3.05) is 5.75 Å². The van der Waals surface area contributed by atoms with E-state index >= 15 is 0 Å². The second-order valence-corrected chi connectivity index (χ2v) is 8.33. The number of rotatable bonds is 6. The Labute approximate surface area is 174 Å². The van der Waals surface area contributed by atoms with Gasteiger partial charge in [-0.2, -0.15) is 0 Å². The molecule has 0 N–H and O–H groups in total. The lowest BCUT2D eigenvalue weighted by molar-refractivity contribution is -0.147. The van der Waals surface area contributed by atoms with Crippen LogP contribution in [0.15, 0.2) is 60.0 Å². The van der Waals surface area contributed by atoms with Crippen LogP contribution in [0.4, 0.5) is 0 Å². The minimum atomic E-state index is -0.195. The molecule has 1 fully saturated rings. The molecule has 6 nitrogen and oxygen atoms in total. The average Bonchev–Trinajstić information content (AvgIpc) is 3.17. The van der Waals surface area contributed by atoms with Crippen LogP contribution in [0.5, 0.6) is 0 Å². The summed E-state index contributed by atoms with van der Waals surface area (Å²) in [6.07, 6.45) is 7.81. The molecule has 2 unspecified atom stereocenters. The lowest BCUT2D eigenvalue weighted by Gasteiger charge is -2.26. The molecule has 0 bridgehead atoms. The topological polar surface area (TPSA) is 69.9 Å². The fourth-order valence-electron chi connectivity index (χ4n) is 3.68. The molecule has 150 valence electrons. The second kappa shape index (κ2) is 9.22. The number of nitrogens with zero attached hydrogens (tertiary/aromatic N) is 4. The van der Waals surface area contributed by atoms with E-state index in [0.717, 1.165) is 30.5 Å². The Morgan fingerprint density at radius 2 is 2.03 bits per heavy atom. The van der Waals surface area contributed by atoms with Gasteiger partial charge in [0.25, 0.3) is 0 Å². The van der Waals surface area contributed by atoms with Gasteiger partial charge >= 0.3 is 5.97 Å². The zero-order valence-corrected chi connectivity index (χ0v) is 17.2. The molecule has 0 saturated heterocycles. The first-order valence-electron chi connectivity index (χ1n) is 9.94. The van der Waals surface area contributed by atoms with Crippen LogP contribution in [0, 0.1) is 5.92 Å². The number of hydrogen-bond acceptors (Lipinski definition) is 6. The Balaban J connectivity index is 1.51. The van der Waals surface area contributed by atoms with E-state index in [4.69, 9.17) is 4.74 Å². The Kier molecular flexibility index (Phi) is 6.24. The van der Waals surface area contributed by atoms with Crippen LogP contribution in [0.3, 0.4) is 0 Å². The largest absolute Gasteiger partial charge is 0.462 e. The monoisotopic (exact) mass is 408 g/mol. The molecule has 0 amide bonds. The number of ether oxygens (including phenoxy) is 1. The highest BCUT2D eigenvalue weighted by molar-refractivity contribution is 7.99. The summed E-state index contributed by atoms with van der Waals surface area (Å²) in [5, 5.41) is 9.36. The van der Waals surface area contributed by atoms with E-state index in [-0.39, 0.29) is 17.8 Å². The number of benzene rings is 1. The number of carbonyl (C=O) groups excluding carboxylic acids is 1. The van der Waals surface area contributed by atoms with Gasteiger partial charge in [0, 0.05) is 23.6 Å². The molecular weight excluding hydrogens is 384 g/mol. The van der Waals surface area contributed by atoms with Crippen LogP contribution in [-0.2, 0) is 9.53 Å². The maximum Gasteiger partial charge on any atom is 0.316 e. The summed E-state index contributed by atoms with van der Waals surface area (Å²) in [4.78, 5) is 16.6. The van der Waals surface area contributed by atoms with E-state index in [9.17, 15) is 4.79 Å². The maximum absolute atomic E-state index is 12.4. The standard InChI is InChI=1S/C22H24N4O2S/c1-16-7-5-11-19(13-16)28-20(27)15-29-22-25-24-21(17-8-6-12-23-14-17)26(22)18-9-3-2-4-10-18/h2-4,6,8-10,12,14,16,19H,5,7,11,13,15H2,1H3. The van der Waals surface area contributed by atoms with E-state index in [2.05, 4.69) is 22.1 Å². The molecule has 1 aliphatic rings. The fourth-order valence-corrected chi connectivity index (χ4v) is 4.42. The average molecular weight is 409 g/mol. The summed E-state index contributed by atoms with van der Waals surface area (Å²) in [7, 11) is 0. The third-order valence-electron chi connectivity index (χ3n) is 5.07. The molecule has 1 aliphatic carbocycles. The SMILES string of the molecule is CC1CCCC(OC(=O)CSc2nnc(-c3cccnc3)n2-c2ccccc2)C1. The molecule has 0 aliphatic heterocycles. The third-order valence-corrected chi connectivity index (χ3v) is 5.98. The highest BCUT2D eigenvalue weighted by Gasteiger charge is 2.23. The van der Waals surface area contributed by atoms with Crippen molar-refractivity contribution in [3.05, 3.63) is 54.9 Å². The van der Waals surface area contributed by atoms with Crippen molar-refractivity contribution >= 4 is 17.7 Å². The van der Waals surface area contributed by atoms with Crippen molar-refractivity contribution in [1.82, 2.24) is 19.7 Å². The minimum absolute atomic E-state index is 0.0461. The number of esters is 1. The first kappa shape index (κ1) is 19.6. The number of aromatic nitrogens is 4. The first-order chi connectivity index (χ1) is 14.2. The van der Waals surface area contributed by atoms with Gasteiger partial charge < -0.3 is 4.74 Å². The van der Waals surface area contributed by atoms with E-state index in [1.165, 1.54) is 18.2 Å². The number of para-hydroxylation sites is 1. The molecule has 2 aromatic heterocycles. The van der Waals surface area contributed by atoms with Crippen molar-refractivity contribution in [3.8, 4) is 17.1 Å². The maximum atomic E-state index is 12.4. The lowest BCUT2D eigenvalue weighted by Crippen LogP contribution is -2.25. The van der Waals surface area contributed by atoms with E-state index in [1.54, 1.807) is 12.4 Å². The van der Waals surface area contributed by atoms with Crippen molar-refractivity contribution in [3.63, 3.8) is 0 Å². The number of carbonyl (C=O) groups is 1. The molecule has 3 aromatic rings. The quantitative estimate of drug-likeness (QED) is 0.440. The Hall–Kier alpha value is -2.67. The predicted octanol–water partition coefficient (Wildman–Crippen LogP) is 4.54. The van der Waals surface area contributed by atoms with Crippen molar-refractivity contribution in [2.24, 2.45) is 5.92 Å². The number of pyridine rings is 1. The molecule has 4 rings (SSSR count). The van der Waals surface area contributed by atoms with Crippen molar-refractivity contribution in [1.29, 1.82) is 0 Å². The summed E-state index contributed by atoms with van der Waals surface area (Å²) < 4.78 is 7.65. The molecule has 1 saturated carbocycles. The summed E-state index contributed by atoms with van der Waals surface area (Å²) in [5.41, 5.74) is 1.81.